The fourth-order valence-electron chi connectivity index (χ4n) is 2.03. The molecule has 0 bridgehead atoms. The normalized spacial score (nSPS) is 18.6. The van der Waals surface area contributed by atoms with E-state index in [0.717, 1.165) is 25.9 Å². The number of rotatable bonds is 9. The summed E-state index contributed by atoms with van der Waals surface area (Å²) in [7, 11) is 2.04. The van der Waals surface area contributed by atoms with E-state index in [0.29, 0.717) is 25.5 Å². The zero-order chi connectivity index (χ0) is 12.7. The van der Waals surface area contributed by atoms with Crippen LogP contribution in [-0.2, 0) is 4.74 Å². The van der Waals surface area contributed by atoms with Crippen molar-refractivity contribution in [2.75, 3.05) is 40.0 Å². The molecule has 17 heavy (non-hydrogen) atoms. The average molecular weight is 245 g/mol. The van der Waals surface area contributed by atoms with E-state index in [1.165, 1.54) is 0 Å². The van der Waals surface area contributed by atoms with Crippen LogP contribution in [0.2, 0.25) is 0 Å². The predicted molar refractivity (Wildman–Crippen MR) is 65.1 cm³/mol. The largest absolute Gasteiger partial charge is 0.409 e. The van der Waals surface area contributed by atoms with Crippen LogP contribution in [0.3, 0.4) is 0 Å². The molecule has 4 N–H and O–H groups in total. The van der Waals surface area contributed by atoms with Gasteiger partial charge in [-0.05, 0) is 25.3 Å². The summed E-state index contributed by atoms with van der Waals surface area (Å²) in [6.45, 7) is 2.85. The highest BCUT2D eigenvalue weighted by molar-refractivity contribution is 5.80. The summed E-state index contributed by atoms with van der Waals surface area (Å²) in [4.78, 5) is 2.19. The number of aliphatic hydroxyl groups excluding tert-OH is 1. The van der Waals surface area contributed by atoms with Gasteiger partial charge in [0.25, 0.3) is 0 Å². The van der Waals surface area contributed by atoms with Crippen LogP contribution < -0.4 is 5.73 Å². The van der Waals surface area contributed by atoms with Crippen molar-refractivity contribution in [2.45, 2.75) is 19.3 Å². The van der Waals surface area contributed by atoms with Crippen LogP contribution in [0.15, 0.2) is 5.16 Å². The Hall–Kier alpha value is -0.850. The first-order chi connectivity index (χ1) is 8.12. The molecule has 6 nitrogen and oxygen atoms in total. The summed E-state index contributed by atoms with van der Waals surface area (Å²) in [6.07, 6.45) is 2.92. The van der Waals surface area contributed by atoms with E-state index in [1.807, 2.05) is 7.05 Å². The molecule has 0 unspecified atom stereocenters. The van der Waals surface area contributed by atoms with Crippen LogP contribution in [0, 0.1) is 5.41 Å². The zero-order valence-electron chi connectivity index (χ0n) is 10.4. The van der Waals surface area contributed by atoms with Gasteiger partial charge in [0.15, 0.2) is 0 Å². The van der Waals surface area contributed by atoms with Gasteiger partial charge in [-0.15, -0.1) is 0 Å². The first-order valence-electron chi connectivity index (χ1n) is 5.95. The maximum absolute atomic E-state index is 8.57. The molecule has 0 aliphatic heterocycles. The molecule has 6 heteroatoms. The minimum atomic E-state index is 0.0666. The van der Waals surface area contributed by atoms with Crippen molar-refractivity contribution in [3.05, 3.63) is 0 Å². The number of hydrogen-bond acceptors (Lipinski definition) is 5. The van der Waals surface area contributed by atoms with Crippen LogP contribution in [-0.4, -0.2) is 61.0 Å². The third-order valence-corrected chi connectivity index (χ3v) is 3.10. The fraction of sp³-hybridized carbons (Fsp3) is 0.909. The summed E-state index contributed by atoms with van der Waals surface area (Å²) in [5, 5.41) is 20.2. The standard InChI is InChI=1S/C11H23N3O3/c1-14(4-6-17-7-5-15)9-11(2-3-11)8-10(12)13-16/h15-16H,2-9H2,1H3,(H2,12,13). The van der Waals surface area contributed by atoms with E-state index in [-0.39, 0.29) is 12.0 Å². The number of nitrogens with two attached hydrogens (primary N) is 1. The molecule has 100 valence electrons. The molecule has 0 aromatic heterocycles. The Labute approximate surface area is 102 Å². The Kier molecular flexibility index (Phi) is 5.67. The zero-order valence-corrected chi connectivity index (χ0v) is 10.4. The van der Waals surface area contributed by atoms with Crippen LogP contribution in [0.4, 0.5) is 0 Å². The molecule has 1 aliphatic rings. The molecule has 0 heterocycles. The number of hydrogen-bond donors (Lipinski definition) is 3. The van der Waals surface area contributed by atoms with Crippen LogP contribution >= 0.6 is 0 Å². The third kappa shape index (κ3) is 5.34. The van der Waals surface area contributed by atoms with Gasteiger partial charge in [0.05, 0.1) is 19.8 Å². The first-order valence-corrected chi connectivity index (χ1v) is 5.95. The Morgan fingerprint density at radius 3 is 2.71 bits per heavy atom. The number of ether oxygens (including phenoxy) is 1. The predicted octanol–water partition coefficient (Wildman–Crippen LogP) is -0.156. The number of nitrogens with zero attached hydrogens (tertiary/aromatic N) is 2. The van der Waals surface area contributed by atoms with E-state index in [4.69, 9.17) is 20.8 Å². The van der Waals surface area contributed by atoms with Crippen molar-refractivity contribution in [2.24, 2.45) is 16.3 Å². The SMILES string of the molecule is CN(CCOCCO)CC1(CC(N)=NO)CC1. The molecule has 1 rings (SSSR count). The maximum Gasteiger partial charge on any atom is 0.139 e. The second-order valence-electron chi connectivity index (χ2n) is 4.84. The minimum absolute atomic E-state index is 0.0666. The van der Waals surface area contributed by atoms with Crippen LogP contribution in [0.5, 0.6) is 0 Å². The molecule has 1 fully saturated rings. The third-order valence-electron chi connectivity index (χ3n) is 3.10. The minimum Gasteiger partial charge on any atom is -0.409 e. The Morgan fingerprint density at radius 2 is 2.18 bits per heavy atom. The van der Waals surface area contributed by atoms with Gasteiger partial charge in [0, 0.05) is 19.5 Å². The van der Waals surface area contributed by atoms with Crippen LogP contribution in [0.25, 0.3) is 0 Å². The molecule has 0 radical (unpaired) electrons. The van der Waals surface area contributed by atoms with Gasteiger partial charge < -0.3 is 25.7 Å². The molecular weight excluding hydrogens is 222 g/mol. The Balaban J connectivity index is 2.19. The molecule has 0 amide bonds. The molecule has 0 aromatic rings. The summed E-state index contributed by atoms with van der Waals surface area (Å²) < 4.78 is 5.21. The Morgan fingerprint density at radius 1 is 1.47 bits per heavy atom. The van der Waals surface area contributed by atoms with Crippen molar-refractivity contribution in [1.82, 2.24) is 4.90 Å². The monoisotopic (exact) mass is 245 g/mol. The fourth-order valence-corrected chi connectivity index (χ4v) is 2.03. The molecule has 0 saturated heterocycles. The Bertz CT molecular complexity index is 254. The highest BCUT2D eigenvalue weighted by atomic mass is 16.5. The number of amidine groups is 1. The van der Waals surface area contributed by atoms with Gasteiger partial charge >= 0.3 is 0 Å². The van der Waals surface area contributed by atoms with Crippen molar-refractivity contribution < 1.29 is 15.1 Å². The number of oxime groups is 1. The van der Waals surface area contributed by atoms with Gasteiger partial charge in [-0.2, -0.15) is 0 Å². The highest BCUT2D eigenvalue weighted by Gasteiger charge is 2.43. The van der Waals surface area contributed by atoms with Crippen molar-refractivity contribution in [1.29, 1.82) is 0 Å². The van der Waals surface area contributed by atoms with E-state index in [2.05, 4.69) is 10.1 Å². The van der Waals surface area contributed by atoms with Crippen LogP contribution in [0.1, 0.15) is 19.3 Å². The van der Waals surface area contributed by atoms with Gasteiger partial charge in [0.1, 0.15) is 5.84 Å². The summed E-state index contributed by atoms with van der Waals surface area (Å²) in [5.74, 6) is 0.312. The van der Waals surface area contributed by atoms with E-state index < -0.39 is 0 Å². The van der Waals surface area contributed by atoms with Gasteiger partial charge in [0.2, 0.25) is 0 Å². The summed E-state index contributed by atoms with van der Waals surface area (Å²) >= 11 is 0. The molecule has 0 atom stereocenters. The van der Waals surface area contributed by atoms with E-state index in [1.54, 1.807) is 0 Å². The second kappa shape index (κ2) is 6.78. The lowest BCUT2D eigenvalue weighted by Crippen LogP contribution is -2.32. The number of likely N-dealkylation sites (N-methyl/N-ethyl adjacent to an activating group) is 1. The molecular formula is C11H23N3O3. The topological polar surface area (TPSA) is 91.3 Å². The maximum atomic E-state index is 8.57. The molecule has 0 aromatic carbocycles. The van der Waals surface area contributed by atoms with Gasteiger partial charge in [-0.3, -0.25) is 0 Å². The lowest BCUT2D eigenvalue weighted by Gasteiger charge is -2.23. The van der Waals surface area contributed by atoms with Crippen molar-refractivity contribution in [3.63, 3.8) is 0 Å². The molecule has 0 spiro atoms. The first kappa shape index (κ1) is 14.2. The van der Waals surface area contributed by atoms with Gasteiger partial charge in [-0.1, -0.05) is 5.16 Å². The lowest BCUT2D eigenvalue weighted by atomic mass is 10.0. The molecule has 1 aliphatic carbocycles. The number of aliphatic hydroxyl groups is 1. The smallest absolute Gasteiger partial charge is 0.139 e. The average Bonchev–Trinajstić information content (AvgIpc) is 3.04. The van der Waals surface area contributed by atoms with E-state index >= 15 is 0 Å². The molecule has 1 saturated carbocycles. The lowest BCUT2D eigenvalue weighted by molar-refractivity contribution is 0.0750. The highest BCUT2D eigenvalue weighted by Crippen LogP contribution is 2.49. The summed E-state index contributed by atoms with van der Waals surface area (Å²) in [6, 6.07) is 0. The second-order valence-corrected chi connectivity index (χ2v) is 4.84. The van der Waals surface area contributed by atoms with Crippen molar-refractivity contribution >= 4 is 5.84 Å². The van der Waals surface area contributed by atoms with E-state index in [9.17, 15) is 0 Å². The van der Waals surface area contributed by atoms with Crippen molar-refractivity contribution in [3.8, 4) is 0 Å². The summed E-state index contributed by atoms with van der Waals surface area (Å²) in [5.41, 5.74) is 5.74. The van der Waals surface area contributed by atoms with Gasteiger partial charge in [-0.25, -0.2) is 0 Å². The quantitative estimate of drug-likeness (QED) is 0.173.